The van der Waals surface area contributed by atoms with Crippen LogP contribution in [0.3, 0.4) is 0 Å². The first-order valence-electron chi connectivity index (χ1n) is 4.86. The summed E-state index contributed by atoms with van der Waals surface area (Å²) >= 11 is 3.30. The Morgan fingerprint density at radius 2 is 2.19 bits per heavy atom. The molecule has 0 unspecified atom stereocenters. The van der Waals surface area contributed by atoms with Gasteiger partial charge in [-0.25, -0.2) is 0 Å². The normalized spacial score (nSPS) is 9.94. The van der Waals surface area contributed by atoms with E-state index in [2.05, 4.69) is 22.5 Å². The molecular weight excluding hydrogens is 268 g/mol. The number of anilines is 1. The minimum Gasteiger partial charge on any atom is -0.398 e. The fourth-order valence-corrected chi connectivity index (χ4v) is 1.74. The number of amides is 1. The van der Waals surface area contributed by atoms with Crippen molar-refractivity contribution in [1.29, 1.82) is 0 Å². The number of likely N-dealkylation sites (N-methyl/N-ethyl adjacent to an activating group) is 1. The minimum absolute atomic E-state index is 0.0382. The molecule has 0 aliphatic heterocycles. The average Bonchev–Trinajstić information content (AvgIpc) is 2.20. The molecule has 0 heterocycles. The Labute approximate surface area is 104 Å². The highest BCUT2D eigenvalue weighted by Crippen LogP contribution is 2.21. The van der Waals surface area contributed by atoms with E-state index < -0.39 is 0 Å². The molecule has 1 aromatic carbocycles. The van der Waals surface area contributed by atoms with E-state index in [1.807, 2.05) is 6.92 Å². The quantitative estimate of drug-likeness (QED) is 0.684. The molecule has 0 bridgehead atoms. The Bertz CT molecular complexity index is 429. The SMILES string of the molecule is C=C(C)CN(C)C(=O)c1ccc(N)c(Br)c1. The minimum atomic E-state index is -0.0382. The number of carbonyl (C=O) groups is 1. The van der Waals surface area contributed by atoms with Crippen LogP contribution < -0.4 is 5.73 Å². The topological polar surface area (TPSA) is 46.3 Å². The van der Waals surface area contributed by atoms with Crippen LogP contribution >= 0.6 is 15.9 Å². The largest absolute Gasteiger partial charge is 0.398 e. The van der Waals surface area contributed by atoms with Crippen LogP contribution in [0.5, 0.6) is 0 Å². The molecule has 0 atom stereocenters. The van der Waals surface area contributed by atoms with E-state index in [1.165, 1.54) is 0 Å². The lowest BCUT2D eigenvalue weighted by molar-refractivity contribution is 0.0807. The second-order valence-electron chi connectivity index (χ2n) is 3.85. The third-order valence-corrected chi connectivity index (χ3v) is 2.79. The smallest absolute Gasteiger partial charge is 0.253 e. The molecule has 4 heteroatoms. The first kappa shape index (κ1) is 12.8. The van der Waals surface area contributed by atoms with Gasteiger partial charge in [0.05, 0.1) is 0 Å². The first-order valence-corrected chi connectivity index (χ1v) is 5.66. The lowest BCUT2D eigenvalue weighted by Gasteiger charge is -2.17. The van der Waals surface area contributed by atoms with E-state index in [9.17, 15) is 4.79 Å². The number of hydrogen-bond acceptors (Lipinski definition) is 2. The van der Waals surface area contributed by atoms with Crippen molar-refractivity contribution in [2.24, 2.45) is 0 Å². The van der Waals surface area contributed by atoms with Crippen LogP contribution in [-0.2, 0) is 0 Å². The molecule has 1 rings (SSSR count). The molecule has 2 N–H and O–H groups in total. The predicted molar refractivity (Wildman–Crippen MR) is 70.3 cm³/mol. The van der Waals surface area contributed by atoms with Crippen LogP contribution in [0, 0.1) is 0 Å². The summed E-state index contributed by atoms with van der Waals surface area (Å²) < 4.78 is 0.738. The van der Waals surface area contributed by atoms with Crippen molar-refractivity contribution in [2.75, 3.05) is 19.3 Å². The molecule has 0 spiro atoms. The van der Waals surface area contributed by atoms with E-state index >= 15 is 0 Å². The van der Waals surface area contributed by atoms with Crippen LogP contribution in [0.15, 0.2) is 34.8 Å². The molecule has 16 heavy (non-hydrogen) atoms. The molecular formula is C12H15BrN2O. The van der Waals surface area contributed by atoms with E-state index in [0.717, 1.165) is 10.0 Å². The molecule has 0 aliphatic rings. The zero-order valence-corrected chi connectivity index (χ0v) is 11.0. The van der Waals surface area contributed by atoms with Crippen molar-refractivity contribution in [3.63, 3.8) is 0 Å². The third-order valence-electron chi connectivity index (χ3n) is 2.10. The van der Waals surface area contributed by atoms with Crippen LogP contribution in [0.1, 0.15) is 17.3 Å². The van der Waals surface area contributed by atoms with Gasteiger partial charge >= 0.3 is 0 Å². The molecule has 0 aromatic heterocycles. The molecule has 86 valence electrons. The highest BCUT2D eigenvalue weighted by Gasteiger charge is 2.12. The van der Waals surface area contributed by atoms with E-state index in [-0.39, 0.29) is 5.91 Å². The zero-order chi connectivity index (χ0) is 12.3. The summed E-state index contributed by atoms with van der Waals surface area (Å²) in [5.74, 6) is -0.0382. The van der Waals surface area contributed by atoms with E-state index in [0.29, 0.717) is 17.8 Å². The molecule has 0 saturated heterocycles. The lowest BCUT2D eigenvalue weighted by atomic mass is 10.2. The Kier molecular flexibility index (Phi) is 4.12. The Morgan fingerprint density at radius 3 is 2.69 bits per heavy atom. The van der Waals surface area contributed by atoms with Crippen molar-refractivity contribution in [3.05, 3.63) is 40.4 Å². The summed E-state index contributed by atoms with van der Waals surface area (Å²) in [6.07, 6.45) is 0. The molecule has 0 saturated carbocycles. The van der Waals surface area contributed by atoms with Crippen molar-refractivity contribution in [3.8, 4) is 0 Å². The van der Waals surface area contributed by atoms with Crippen molar-refractivity contribution in [1.82, 2.24) is 4.90 Å². The standard InChI is InChI=1S/C12H15BrN2O/c1-8(2)7-15(3)12(16)9-4-5-11(14)10(13)6-9/h4-6H,1,7,14H2,2-3H3. The Balaban J connectivity index is 2.88. The van der Waals surface area contributed by atoms with Gasteiger partial charge in [0.15, 0.2) is 0 Å². The molecule has 1 aromatic rings. The van der Waals surface area contributed by atoms with E-state index in [1.54, 1.807) is 30.1 Å². The van der Waals surface area contributed by atoms with Gasteiger partial charge in [-0.3, -0.25) is 4.79 Å². The summed E-state index contributed by atoms with van der Waals surface area (Å²) in [5, 5.41) is 0. The van der Waals surface area contributed by atoms with Gasteiger partial charge < -0.3 is 10.6 Å². The van der Waals surface area contributed by atoms with Gasteiger partial charge in [-0.15, -0.1) is 0 Å². The molecule has 1 amide bonds. The number of benzene rings is 1. The summed E-state index contributed by atoms with van der Waals surface area (Å²) in [4.78, 5) is 13.6. The van der Waals surface area contributed by atoms with Crippen LogP contribution in [0.4, 0.5) is 5.69 Å². The van der Waals surface area contributed by atoms with Gasteiger partial charge in [0.25, 0.3) is 5.91 Å². The maximum absolute atomic E-state index is 12.0. The number of nitrogens with zero attached hydrogens (tertiary/aromatic N) is 1. The highest BCUT2D eigenvalue weighted by molar-refractivity contribution is 9.10. The molecule has 0 aliphatic carbocycles. The van der Waals surface area contributed by atoms with Gasteiger partial charge in [-0.2, -0.15) is 0 Å². The summed E-state index contributed by atoms with van der Waals surface area (Å²) in [6, 6.07) is 5.16. The summed E-state index contributed by atoms with van der Waals surface area (Å²) in [5.41, 5.74) is 7.85. The van der Waals surface area contributed by atoms with Crippen LogP contribution in [0.2, 0.25) is 0 Å². The third kappa shape index (κ3) is 3.10. The first-order chi connectivity index (χ1) is 7.41. The highest BCUT2D eigenvalue weighted by atomic mass is 79.9. The molecule has 0 radical (unpaired) electrons. The predicted octanol–water partition coefficient (Wildman–Crippen LogP) is 2.68. The average molecular weight is 283 g/mol. The Morgan fingerprint density at radius 1 is 1.56 bits per heavy atom. The molecule has 3 nitrogen and oxygen atoms in total. The number of halogens is 1. The van der Waals surface area contributed by atoms with E-state index in [4.69, 9.17) is 5.73 Å². The van der Waals surface area contributed by atoms with Gasteiger partial charge in [0, 0.05) is 29.3 Å². The second-order valence-corrected chi connectivity index (χ2v) is 4.71. The van der Waals surface area contributed by atoms with Crippen molar-refractivity contribution < 1.29 is 4.79 Å². The number of carbonyl (C=O) groups excluding carboxylic acids is 1. The van der Waals surface area contributed by atoms with Gasteiger partial charge in [0.1, 0.15) is 0 Å². The molecule has 0 fully saturated rings. The number of nitrogen functional groups attached to an aromatic ring is 1. The maximum Gasteiger partial charge on any atom is 0.253 e. The van der Waals surface area contributed by atoms with Crippen molar-refractivity contribution >= 4 is 27.5 Å². The summed E-state index contributed by atoms with van der Waals surface area (Å²) in [6.45, 7) is 6.23. The summed E-state index contributed by atoms with van der Waals surface area (Å²) in [7, 11) is 1.75. The monoisotopic (exact) mass is 282 g/mol. The van der Waals surface area contributed by atoms with Crippen LogP contribution in [-0.4, -0.2) is 24.4 Å². The Hall–Kier alpha value is -1.29. The van der Waals surface area contributed by atoms with Gasteiger partial charge in [0.2, 0.25) is 0 Å². The zero-order valence-electron chi connectivity index (χ0n) is 9.46. The fraction of sp³-hybridized carbons (Fsp3) is 0.250. The lowest BCUT2D eigenvalue weighted by Crippen LogP contribution is -2.28. The second kappa shape index (κ2) is 5.16. The van der Waals surface area contributed by atoms with Crippen molar-refractivity contribution in [2.45, 2.75) is 6.92 Å². The van der Waals surface area contributed by atoms with Gasteiger partial charge in [-0.1, -0.05) is 12.2 Å². The van der Waals surface area contributed by atoms with Gasteiger partial charge in [-0.05, 0) is 41.1 Å². The number of nitrogens with two attached hydrogens (primary N) is 1. The fourth-order valence-electron chi connectivity index (χ4n) is 1.36. The number of rotatable bonds is 3. The maximum atomic E-state index is 12.0. The van der Waals surface area contributed by atoms with Crippen LogP contribution in [0.25, 0.3) is 0 Å². The number of hydrogen-bond donors (Lipinski definition) is 1.